The maximum absolute atomic E-state index is 4.76. The van der Waals surface area contributed by atoms with E-state index in [0.29, 0.717) is 11.3 Å². The fourth-order valence-electron chi connectivity index (χ4n) is 3.06. The van der Waals surface area contributed by atoms with Crippen LogP contribution in [0.5, 0.6) is 0 Å². The van der Waals surface area contributed by atoms with Crippen molar-refractivity contribution in [2.45, 2.75) is 53.4 Å². The highest BCUT2D eigenvalue weighted by Gasteiger charge is 2.29. The predicted octanol–water partition coefficient (Wildman–Crippen LogP) is 6.65. The van der Waals surface area contributed by atoms with Crippen LogP contribution in [-0.2, 0) is 0 Å². The Hall–Kier alpha value is -0.950. The predicted molar refractivity (Wildman–Crippen MR) is 99.7 cm³/mol. The van der Waals surface area contributed by atoms with Gasteiger partial charge in [-0.25, -0.2) is 0 Å². The van der Waals surface area contributed by atoms with Crippen LogP contribution < -0.4 is 0 Å². The Bertz CT molecular complexity index is 490. The van der Waals surface area contributed by atoms with Gasteiger partial charge in [-0.3, -0.25) is 0 Å². The summed E-state index contributed by atoms with van der Waals surface area (Å²) in [4.78, 5) is 1.02. The van der Waals surface area contributed by atoms with Crippen LogP contribution in [0.2, 0.25) is 0 Å². The molecule has 0 aromatic carbocycles. The van der Waals surface area contributed by atoms with E-state index in [1.807, 2.05) is 6.92 Å². The molecule has 0 aliphatic heterocycles. The fourth-order valence-corrected chi connectivity index (χ4v) is 3.37. The summed E-state index contributed by atoms with van der Waals surface area (Å²) in [5.41, 5.74) is 4.88. The Kier molecular flexibility index (Phi) is 6.34. The largest absolute Gasteiger partial charge is 0.143 e. The van der Waals surface area contributed by atoms with Crippen LogP contribution in [0.1, 0.15) is 53.4 Å². The van der Waals surface area contributed by atoms with Gasteiger partial charge in [0.1, 0.15) is 0 Å². The van der Waals surface area contributed by atoms with Gasteiger partial charge < -0.3 is 0 Å². The van der Waals surface area contributed by atoms with Gasteiger partial charge in [-0.2, -0.15) is 0 Å². The van der Waals surface area contributed by atoms with E-state index in [1.165, 1.54) is 31.3 Å². The summed E-state index contributed by atoms with van der Waals surface area (Å²) in [6.07, 6.45) is 8.85. The summed E-state index contributed by atoms with van der Waals surface area (Å²) in [6, 6.07) is 0. The van der Waals surface area contributed by atoms with Crippen LogP contribution in [0.3, 0.4) is 0 Å². The molecule has 0 radical (unpaired) electrons. The zero-order chi connectivity index (χ0) is 16.2. The molecule has 0 aromatic heterocycles. The average Bonchev–Trinajstić information content (AvgIpc) is 2.46. The molecule has 0 aromatic rings. The lowest BCUT2D eigenvalue weighted by Gasteiger charge is -2.35. The van der Waals surface area contributed by atoms with Crippen molar-refractivity contribution in [3.05, 3.63) is 59.1 Å². The second-order valence-electron chi connectivity index (χ2n) is 6.87. The van der Waals surface area contributed by atoms with Crippen molar-refractivity contribution in [1.82, 2.24) is 0 Å². The fraction of sp³-hybridized carbons (Fsp3) is 0.500. The third kappa shape index (κ3) is 4.51. The summed E-state index contributed by atoms with van der Waals surface area (Å²) in [6.45, 7) is 21.1. The molecule has 0 nitrogen and oxygen atoms in total. The molecule has 1 rings (SSSR count). The first-order valence-corrected chi connectivity index (χ1v) is 8.25. The lowest BCUT2D eigenvalue weighted by atomic mass is 9.71. The van der Waals surface area contributed by atoms with Crippen LogP contribution in [0.15, 0.2) is 59.1 Å². The highest BCUT2D eigenvalue weighted by Crippen LogP contribution is 2.43. The average molecular weight is 303 g/mol. The molecule has 1 heteroatoms. The molecule has 0 spiro atoms. The maximum Gasteiger partial charge on any atom is 0.0104 e. The van der Waals surface area contributed by atoms with E-state index < -0.39 is 0 Å². The van der Waals surface area contributed by atoms with E-state index in [9.17, 15) is 0 Å². The maximum atomic E-state index is 4.76. The number of thiol groups is 1. The monoisotopic (exact) mass is 302 g/mol. The normalized spacial score (nSPS) is 20.7. The Morgan fingerprint density at radius 1 is 1.19 bits per heavy atom. The molecule has 1 aliphatic carbocycles. The van der Waals surface area contributed by atoms with Gasteiger partial charge in [0.2, 0.25) is 0 Å². The Morgan fingerprint density at radius 2 is 1.71 bits per heavy atom. The van der Waals surface area contributed by atoms with E-state index in [2.05, 4.69) is 46.6 Å². The second-order valence-corrected chi connectivity index (χ2v) is 7.32. The molecule has 0 amide bonds. The standard InChI is InChI=1S/C20H30S/c1-8-14(3)18(9-2)16(5)19(21)15(4)17-10-12-20(6,7)13-11-17/h8-9,17,21H,1,3-4,10-13H2,2,5-7H3/b18-9-,19-16-. The molecule has 1 aliphatic rings. The van der Waals surface area contributed by atoms with Crippen molar-refractivity contribution in [1.29, 1.82) is 0 Å². The molecule has 0 bridgehead atoms. The van der Waals surface area contributed by atoms with Crippen LogP contribution in [0.4, 0.5) is 0 Å². The van der Waals surface area contributed by atoms with Crippen LogP contribution >= 0.6 is 12.6 Å². The zero-order valence-electron chi connectivity index (χ0n) is 14.1. The Balaban J connectivity index is 2.93. The van der Waals surface area contributed by atoms with Crippen LogP contribution in [-0.4, -0.2) is 0 Å². The Morgan fingerprint density at radius 3 is 2.14 bits per heavy atom. The minimum atomic E-state index is 0.484. The van der Waals surface area contributed by atoms with E-state index >= 15 is 0 Å². The molecule has 0 unspecified atom stereocenters. The van der Waals surface area contributed by atoms with Gasteiger partial charge in [-0.05, 0) is 73.2 Å². The van der Waals surface area contributed by atoms with E-state index in [-0.39, 0.29) is 0 Å². The number of hydrogen-bond donors (Lipinski definition) is 1. The molecule has 0 atom stereocenters. The first kappa shape index (κ1) is 18.1. The van der Waals surface area contributed by atoms with Gasteiger partial charge in [-0.15, -0.1) is 12.6 Å². The summed E-state index contributed by atoms with van der Waals surface area (Å²) >= 11 is 4.76. The number of rotatable bonds is 5. The smallest absolute Gasteiger partial charge is 0.0104 e. The molecular weight excluding hydrogens is 272 g/mol. The molecule has 1 saturated carbocycles. The SMILES string of the molecule is C=CC(=C)C(=C/C)/C(C)=C(\S)C(=C)C1CCC(C)(C)CC1. The Labute approximate surface area is 136 Å². The third-order valence-corrected chi connectivity index (χ3v) is 5.40. The van der Waals surface area contributed by atoms with Gasteiger partial charge >= 0.3 is 0 Å². The lowest BCUT2D eigenvalue weighted by molar-refractivity contribution is 0.210. The van der Waals surface area contributed by atoms with Gasteiger partial charge in [0.15, 0.2) is 0 Å². The highest BCUT2D eigenvalue weighted by atomic mass is 32.1. The summed E-state index contributed by atoms with van der Waals surface area (Å²) in [5, 5.41) is 0. The van der Waals surface area contributed by atoms with Crippen molar-refractivity contribution < 1.29 is 0 Å². The minimum absolute atomic E-state index is 0.484. The lowest BCUT2D eigenvalue weighted by Crippen LogP contribution is -2.22. The first-order chi connectivity index (χ1) is 9.73. The molecule has 0 N–H and O–H groups in total. The van der Waals surface area contributed by atoms with Crippen molar-refractivity contribution >= 4 is 12.6 Å². The quantitative estimate of drug-likeness (QED) is 0.426. The molecule has 1 fully saturated rings. The van der Waals surface area contributed by atoms with Crippen molar-refractivity contribution in [3.8, 4) is 0 Å². The molecular formula is C20H30S. The molecule has 116 valence electrons. The van der Waals surface area contributed by atoms with Gasteiger partial charge in [0.25, 0.3) is 0 Å². The molecule has 21 heavy (non-hydrogen) atoms. The van der Waals surface area contributed by atoms with Crippen molar-refractivity contribution in [2.24, 2.45) is 11.3 Å². The van der Waals surface area contributed by atoms with Gasteiger partial charge in [-0.1, -0.05) is 45.7 Å². The van der Waals surface area contributed by atoms with Crippen molar-refractivity contribution in [2.75, 3.05) is 0 Å². The van der Waals surface area contributed by atoms with Crippen molar-refractivity contribution in [3.63, 3.8) is 0 Å². The van der Waals surface area contributed by atoms with Gasteiger partial charge in [0.05, 0.1) is 0 Å². The van der Waals surface area contributed by atoms with Gasteiger partial charge in [0, 0.05) is 4.91 Å². The summed E-state index contributed by atoms with van der Waals surface area (Å²) < 4.78 is 0. The second kappa shape index (κ2) is 7.35. The topological polar surface area (TPSA) is 0 Å². The zero-order valence-corrected chi connectivity index (χ0v) is 15.0. The van der Waals surface area contributed by atoms with E-state index in [4.69, 9.17) is 12.6 Å². The summed E-state index contributed by atoms with van der Waals surface area (Å²) in [7, 11) is 0. The first-order valence-electron chi connectivity index (χ1n) is 7.81. The molecule has 0 heterocycles. The molecule has 0 saturated heterocycles. The van der Waals surface area contributed by atoms with E-state index in [0.717, 1.165) is 21.6 Å². The van der Waals surface area contributed by atoms with Crippen LogP contribution in [0, 0.1) is 11.3 Å². The summed E-state index contributed by atoms with van der Waals surface area (Å²) in [5.74, 6) is 0.565. The van der Waals surface area contributed by atoms with Crippen LogP contribution in [0.25, 0.3) is 0 Å². The number of hydrogen-bond acceptors (Lipinski definition) is 1. The number of allylic oxidation sites excluding steroid dienone is 6. The highest BCUT2D eigenvalue weighted by molar-refractivity contribution is 7.84. The van der Waals surface area contributed by atoms with E-state index in [1.54, 1.807) is 6.08 Å². The minimum Gasteiger partial charge on any atom is -0.143 e. The third-order valence-electron chi connectivity index (χ3n) is 4.78.